The van der Waals surface area contributed by atoms with E-state index in [1.165, 1.54) is 0 Å². The fourth-order valence-corrected chi connectivity index (χ4v) is 0.775. The number of hydrogen-bond acceptors (Lipinski definition) is 3. The normalized spacial score (nSPS) is 10.0. The maximum absolute atomic E-state index is 3.85. The largest absolute Gasteiger partial charge is 0.262 e. The van der Waals surface area contributed by atoms with Crippen LogP contribution in [0.15, 0.2) is 24.7 Å². The van der Waals surface area contributed by atoms with Crippen LogP contribution in [0.3, 0.4) is 0 Å². The highest BCUT2D eigenvalue weighted by atomic mass is 15.1. The average molecular weight is 130 g/mol. The van der Waals surface area contributed by atoms with Crippen LogP contribution >= 0.6 is 0 Å². The molecule has 47 valence electrons. The summed E-state index contributed by atoms with van der Waals surface area (Å²) in [6, 6.07) is 4.79. The Bertz CT molecular complexity index is 280. The Balaban J connectivity index is 2.89. The highest BCUT2D eigenvalue weighted by Gasteiger charge is 1.89. The first-order valence-corrected chi connectivity index (χ1v) is 2.90. The molecule has 2 rings (SSSR count). The van der Waals surface area contributed by atoms with Gasteiger partial charge in [-0.15, -0.1) is 5.10 Å². The zero-order valence-corrected chi connectivity index (χ0v) is 5.15. The summed E-state index contributed by atoms with van der Waals surface area (Å²) in [5, 5.41) is 8.49. The Morgan fingerprint density at radius 1 is 1.40 bits per heavy atom. The van der Waals surface area contributed by atoms with Gasteiger partial charge in [0.2, 0.25) is 0 Å². The van der Waals surface area contributed by atoms with E-state index in [0.717, 1.165) is 10.9 Å². The fourth-order valence-electron chi connectivity index (χ4n) is 0.775. The SMILES string of the molecule is [c]1cncc2nnccc12. The third kappa shape index (κ3) is 0.719. The predicted octanol–water partition coefficient (Wildman–Crippen LogP) is 0.825. The number of fused-ring (bicyclic) bond motifs is 1. The van der Waals surface area contributed by atoms with E-state index in [9.17, 15) is 0 Å². The minimum absolute atomic E-state index is 0.782. The lowest BCUT2D eigenvalue weighted by atomic mass is 10.3. The van der Waals surface area contributed by atoms with Crippen molar-refractivity contribution in [2.75, 3.05) is 0 Å². The summed E-state index contributed by atoms with van der Waals surface area (Å²) in [5.74, 6) is 0. The van der Waals surface area contributed by atoms with Crippen molar-refractivity contribution in [2.45, 2.75) is 0 Å². The zero-order chi connectivity index (χ0) is 6.81. The molecule has 0 amide bonds. The molecule has 2 aromatic heterocycles. The second-order valence-electron chi connectivity index (χ2n) is 1.88. The second-order valence-corrected chi connectivity index (χ2v) is 1.88. The van der Waals surface area contributed by atoms with Crippen LogP contribution in [-0.2, 0) is 0 Å². The number of aromatic nitrogens is 3. The van der Waals surface area contributed by atoms with E-state index in [4.69, 9.17) is 0 Å². The minimum Gasteiger partial charge on any atom is -0.262 e. The molecule has 0 aliphatic carbocycles. The molecule has 0 aliphatic rings. The Morgan fingerprint density at radius 2 is 2.40 bits per heavy atom. The lowest BCUT2D eigenvalue weighted by Gasteiger charge is -1.89. The Hall–Kier alpha value is -1.51. The molecule has 0 atom stereocenters. The van der Waals surface area contributed by atoms with Gasteiger partial charge >= 0.3 is 0 Å². The predicted molar refractivity (Wildman–Crippen MR) is 36.2 cm³/mol. The highest BCUT2D eigenvalue weighted by Crippen LogP contribution is 2.03. The van der Waals surface area contributed by atoms with E-state index in [0.29, 0.717) is 0 Å². The van der Waals surface area contributed by atoms with E-state index in [-0.39, 0.29) is 0 Å². The van der Waals surface area contributed by atoms with Crippen LogP contribution in [0.25, 0.3) is 10.9 Å². The van der Waals surface area contributed by atoms with Gasteiger partial charge in [0.15, 0.2) is 0 Å². The van der Waals surface area contributed by atoms with Crippen LogP contribution in [-0.4, -0.2) is 15.2 Å². The maximum atomic E-state index is 3.85. The molecule has 3 heteroatoms. The third-order valence-corrected chi connectivity index (χ3v) is 1.24. The maximum Gasteiger partial charge on any atom is 0.112 e. The van der Waals surface area contributed by atoms with E-state index in [2.05, 4.69) is 21.2 Å². The smallest absolute Gasteiger partial charge is 0.112 e. The van der Waals surface area contributed by atoms with Gasteiger partial charge in [-0.3, -0.25) is 4.98 Å². The second kappa shape index (κ2) is 2.02. The molecule has 0 spiro atoms. The van der Waals surface area contributed by atoms with Crippen LogP contribution in [0, 0.1) is 6.07 Å². The monoisotopic (exact) mass is 130 g/mol. The molecular weight excluding hydrogens is 126 g/mol. The van der Waals surface area contributed by atoms with E-state index >= 15 is 0 Å². The molecule has 3 nitrogen and oxygen atoms in total. The Labute approximate surface area is 57.7 Å². The van der Waals surface area contributed by atoms with E-state index in [1.807, 2.05) is 6.07 Å². The molecular formula is C7H4N3. The number of nitrogens with zero attached hydrogens (tertiary/aromatic N) is 3. The van der Waals surface area contributed by atoms with E-state index in [1.54, 1.807) is 18.6 Å². The van der Waals surface area contributed by atoms with Gasteiger partial charge in [-0.1, -0.05) is 0 Å². The summed E-state index contributed by atoms with van der Waals surface area (Å²) < 4.78 is 0. The first-order chi connectivity index (χ1) is 4.97. The van der Waals surface area contributed by atoms with Gasteiger partial charge in [-0.05, 0) is 6.07 Å². The van der Waals surface area contributed by atoms with Gasteiger partial charge in [0.25, 0.3) is 0 Å². The molecule has 0 unspecified atom stereocenters. The molecule has 0 bridgehead atoms. The molecule has 1 radical (unpaired) electrons. The zero-order valence-electron chi connectivity index (χ0n) is 5.15. The van der Waals surface area contributed by atoms with Gasteiger partial charge in [0.05, 0.1) is 12.4 Å². The van der Waals surface area contributed by atoms with E-state index < -0.39 is 0 Å². The Kier molecular flexibility index (Phi) is 1.07. The first-order valence-electron chi connectivity index (χ1n) is 2.90. The van der Waals surface area contributed by atoms with Gasteiger partial charge in [0.1, 0.15) is 5.52 Å². The molecule has 2 aromatic rings. The highest BCUT2D eigenvalue weighted by molar-refractivity contribution is 5.75. The Morgan fingerprint density at radius 3 is 3.30 bits per heavy atom. The van der Waals surface area contributed by atoms with Crippen LogP contribution in [0.1, 0.15) is 0 Å². The van der Waals surface area contributed by atoms with Crippen LogP contribution in [0.4, 0.5) is 0 Å². The molecule has 0 N–H and O–H groups in total. The molecule has 0 fully saturated rings. The van der Waals surface area contributed by atoms with Crippen LogP contribution in [0.2, 0.25) is 0 Å². The number of rotatable bonds is 0. The topological polar surface area (TPSA) is 38.7 Å². The van der Waals surface area contributed by atoms with Crippen molar-refractivity contribution >= 4 is 10.9 Å². The van der Waals surface area contributed by atoms with Crippen molar-refractivity contribution in [3.8, 4) is 0 Å². The van der Waals surface area contributed by atoms with Crippen molar-refractivity contribution < 1.29 is 0 Å². The molecule has 0 aliphatic heterocycles. The number of pyridine rings is 1. The molecule has 0 saturated carbocycles. The minimum atomic E-state index is 0.782. The lowest BCUT2D eigenvalue weighted by molar-refractivity contribution is 1.07. The van der Waals surface area contributed by atoms with Gasteiger partial charge in [-0.2, -0.15) is 5.10 Å². The summed E-state index contributed by atoms with van der Waals surface area (Å²) >= 11 is 0. The van der Waals surface area contributed by atoms with Crippen LogP contribution < -0.4 is 0 Å². The molecule has 0 saturated heterocycles. The molecule has 10 heavy (non-hydrogen) atoms. The standard InChI is InChI=1S/C7H4N3/c1-3-8-5-7-6(1)2-4-9-10-7/h2-5H. The summed E-state index contributed by atoms with van der Waals surface area (Å²) in [5.41, 5.74) is 0.782. The summed E-state index contributed by atoms with van der Waals surface area (Å²) in [6.07, 6.45) is 4.92. The lowest BCUT2D eigenvalue weighted by Crippen LogP contribution is -1.82. The first kappa shape index (κ1) is 5.29. The number of hydrogen-bond donors (Lipinski definition) is 0. The van der Waals surface area contributed by atoms with Gasteiger partial charge < -0.3 is 0 Å². The van der Waals surface area contributed by atoms with Crippen molar-refractivity contribution in [3.63, 3.8) is 0 Å². The quantitative estimate of drug-likeness (QED) is 0.530. The average Bonchev–Trinajstić information content (AvgIpc) is 2.05. The summed E-state index contributed by atoms with van der Waals surface area (Å²) in [7, 11) is 0. The van der Waals surface area contributed by atoms with Crippen molar-refractivity contribution in [1.29, 1.82) is 0 Å². The summed E-state index contributed by atoms with van der Waals surface area (Å²) in [6.45, 7) is 0. The van der Waals surface area contributed by atoms with Crippen molar-refractivity contribution in [1.82, 2.24) is 15.2 Å². The van der Waals surface area contributed by atoms with Gasteiger partial charge in [-0.25, -0.2) is 0 Å². The fraction of sp³-hybridized carbons (Fsp3) is 0. The third-order valence-electron chi connectivity index (χ3n) is 1.24. The summed E-state index contributed by atoms with van der Waals surface area (Å²) in [4.78, 5) is 3.85. The van der Waals surface area contributed by atoms with Crippen LogP contribution in [0.5, 0.6) is 0 Å². The van der Waals surface area contributed by atoms with Crippen molar-refractivity contribution in [2.24, 2.45) is 0 Å². The molecule has 0 aromatic carbocycles. The van der Waals surface area contributed by atoms with Crippen molar-refractivity contribution in [3.05, 3.63) is 30.7 Å². The van der Waals surface area contributed by atoms with Gasteiger partial charge in [0, 0.05) is 17.6 Å². The molecule has 2 heterocycles.